The number of fused-ring (bicyclic) bond motifs is 3. The fourth-order valence-corrected chi connectivity index (χ4v) is 7.08. The van der Waals surface area contributed by atoms with Gasteiger partial charge in [-0.25, -0.2) is 4.79 Å². The lowest BCUT2D eigenvalue weighted by atomic mass is 9.65. The molecule has 1 aliphatic carbocycles. The van der Waals surface area contributed by atoms with Crippen molar-refractivity contribution in [1.82, 2.24) is 9.80 Å². The van der Waals surface area contributed by atoms with Crippen LogP contribution in [0.2, 0.25) is 0 Å². The third-order valence-electron chi connectivity index (χ3n) is 8.22. The maximum atomic E-state index is 12.7. The molecule has 1 saturated heterocycles. The Kier molecular flexibility index (Phi) is 6.12. The molecule has 0 amide bonds. The van der Waals surface area contributed by atoms with Crippen LogP contribution in [0.3, 0.4) is 0 Å². The number of rotatable bonds is 6. The Bertz CT molecular complexity index is 1170. The van der Waals surface area contributed by atoms with E-state index in [1.807, 2.05) is 6.07 Å². The summed E-state index contributed by atoms with van der Waals surface area (Å²) < 4.78 is 16.4. The minimum Gasteiger partial charge on any atom is -0.507 e. The van der Waals surface area contributed by atoms with Crippen molar-refractivity contribution in [3.05, 3.63) is 51.1 Å². The molecule has 2 atom stereocenters. The topological polar surface area (TPSA) is 75.4 Å². The fraction of sp³-hybridized carbons (Fsp3) is 0.607. The van der Waals surface area contributed by atoms with E-state index < -0.39 is 5.63 Å². The monoisotopic (exact) mass is 482 g/mol. The molecule has 2 aliphatic heterocycles. The molecule has 1 aromatic carbocycles. The lowest BCUT2D eigenvalue weighted by Crippen LogP contribution is -2.35. The molecule has 0 unspecified atom stereocenters. The van der Waals surface area contributed by atoms with Crippen molar-refractivity contribution < 1.29 is 19.0 Å². The lowest BCUT2D eigenvalue weighted by molar-refractivity contribution is 0.126. The minimum atomic E-state index is -0.432. The Hall–Kier alpha value is -2.51. The number of nitrogens with zero attached hydrogens (tertiary/aromatic N) is 2. The highest BCUT2D eigenvalue weighted by Gasteiger charge is 2.49. The summed E-state index contributed by atoms with van der Waals surface area (Å²) in [5, 5.41) is 11.2. The molecule has 5 rings (SSSR count). The van der Waals surface area contributed by atoms with E-state index in [2.05, 4.69) is 36.6 Å². The van der Waals surface area contributed by atoms with Gasteiger partial charge < -0.3 is 19.0 Å². The van der Waals surface area contributed by atoms with E-state index >= 15 is 0 Å². The van der Waals surface area contributed by atoms with Crippen LogP contribution in [0.15, 0.2) is 27.6 Å². The van der Waals surface area contributed by atoms with E-state index in [1.54, 1.807) is 14.2 Å². The second-order valence-corrected chi connectivity index (χ2v) is 11.9. The largest absolute Gasteiger partial charge is 0.507 e. The summed E-state index contributed by atoms with van der Waals surface area (Å²) in [5.41, 5.74) is 3.63. The molecule has 7 nitrogen and oxygen atoms in total. The van der Waals surface area contributed by atoms with Gasteiger partial charge in [0.1, 0.15) is 12.0 Å². The van der Waals surface area contributed by atoms with Crippen molar-refractivity contribution in [3.63, 3.8) is 0 Å². The van der Waals surface area contributed by atoms with Gasteiger partial charge in [0.25, 0.3) is 0 Å². The molecule has 2 fully saturated rings. The number of benzene rings is 1. The molecule has 190 valence electrons. The van der Waals surface area contributed by atoms with E-state index in [4.69, 9.17) is 13.9 Å². The maximum Gasteiger partial charge on any atom is 0.343 e. The number of ether oxygens (including phenoxy) is 2. The SMILES string of the molecule is COc1cc2c(cc1OC)CN(Cc1coc(=O)c(CN3C[C@@]4(C)C[C@H]3CC(C)(C)C4)c1O)CC2. The lowest BCUT2D eigenvalue weighted by Gasteiger charge is -2.39. The zero-order valence-corrected chi connectivity index (χ0v) is 21.6. The highest BCUT2D eigenvalue weighted by Crippen LogP contribution is 2.52. The molecule has 1 saturated carbocycles. The van der Waals surface area contributed by atoms with Gasteiger partial charge in [0.05, 0.1) is 19.8 Å². The molecule has 1 aromatic heterocycles. The molecule has 35 heavy (non-hydrogen) atoms. The average Bonchev–Trinajstić information content (AvgIpc) is 3.04. The third-order valence-corrected chi connectivity index (χ3v) is 8.22. The van der Waals surface area contributed by atoms with E-state index in [9.17, 15) is 9.90 Å². The molecular formula is C28H38N2O5. The van der Waals surface area contributed by atoms with E-state index in [0.29, 0.717) is 35.7 Å². The Balaban J connectivity index is 1.34. The number of hydrogen-bond acceptors (Lipinski definition) is 7. The molecule has 2 bridgehead atoms. The summed E-state index contributed by atoms with van der Waals surface area (Å²) >= 11 is 0. The Morgan fingerprint density at radius 2 is 1.80 bits per heavy atom. The first-order valence-electron chi connectivity index (χ1n) is 12.6. The van der Waals surface area contributed by atoms with Crippen LogP contribution in [0, 0.1) is 10.8 Å². The van der Waals surface area contributed by atoms with Crippen molar-refractivity contribution in [2.45, 2.75) is 72.1 Å². The number of likely N-dealkylation sites (tertiary alicyclic amines) is 1. The van der Waals surface area contributed by atoms with Crippen molar-refractivity contribution in [2.75, 3.05) is 27.3 Å². The molecule has 3 heterocycles. The van der Waals surface area contributed by atoms with Crippen LogP contribution in [-0.2, 0) is 26.1 Å². The van der Waals surface area contributed by atoms with Crippen molar-refractivity contribution in [1.29, 1.82) is 0 Å². The summed E-state index contributed by atoms with van der Waals surface area (Å²) in [6, 6.07) is 4.53. The van der Waals surface area contributed by atoms with Crippen LogP contribution in [0.25, 0.3) is 0 Å². The Morgan fingerprint density at radius 3 is 2.51 bits per heavy atom. The van der Waals surface area contributed by atoms with Crippen LogP contribution in [-0.4, -0.2) is 48.3 Å². The molecule has 7 heteroatoms. The number of aromatic hydroxyl groups is 1. The quantitative estimate of drug-likeness (QED) is 0.657. The zero-order chi connectivity index (χ0) is 25.0. The van der Waals surface area contributed by atoms with Crippen LogP contribution in [0.4, 0.5) is 0 Å². The predicted octanol–water partition coefficient (Wildman–Crippen LogP) is 4.32. The van der Waals surface area contributed by atoms with Crippen LogP contribution in [0.5, 0.6) is 17.2 Å². The summed E-state index contributed by atoms with van der Waals surface area (Å²) in [4.78, 5) is 17.3. The van der Waals surface area contributed by atoms with Gasteiger partial charge >= 0.3 is 5.63 Å². The second kappa shape index (κ2) is 8.86. The first-order chi connectivity index (χ1) is 16.6. The van der Waals surface area contributed by atoms with Gasteiger partial charge in [-0.15, -0.1) is 0 Å². The normalized spacial score (nSPS) is 25.9. The van der Waals surface area contributed by atoms with Crippen LogP contribution >= 0.6 is 0 Å². The summed E-state index contributed by atoms with van der Waals surface area (Å²) in [6.07, 6.45) is 5.78. The highest BCUT2D eigenvalue weighted by molar-refractivity contribution is 5.48. The second-order valence-electron chi connectivity index (χ2n) is 11.9. The van der Waals surface area contributed by atoms with E-state index in [1.165, 1.54) is 23.8 Å². The first-order valence-corrected chi connectivity index (χ1v) is 12.6. The standard InChI is InChI=1S/C28H38N2O5/c1-27(2)10-21-11-28(3,16-27)17-30(21)14-22-25(31)20(15-35-26(22)32)13-29-7-6-18-8-23(33-4)24(34-5)9-19(18)12-29/h8-9,15,21,31H,6-7,10-14,16-17H2,1-5H3/t21-,28+/m1/s1. The third kappa shape index (κ3) is 4.68. The van der Waals surface area contributed by atoms with E-state index in [-0.39, 0.29) is 11.2 Å². The smallest absolute Gasteiger partial charge is 0.343 e. The van der Waals surface area contributed by atoms with E-state index in [0.717, 1.165) is 50.4 Å². The van der Waals surface area contributed by atoms with Gasteiger partial charge in [-0.2, -0.15) is 0 Å². The fourth-order valence-electron chi connectivity index (χ4n) is 7.08. The number of methoxy groups -OCH3 is 2. The molecule has 3 aliphatic rings. The summed E-state index contributed by atoms with van der Waals surface area (Å²) in [5.74, 6) is 1.55. The van der Waals surface area contributed by atoms with Gasteiger partial charge in [0.15, 0.2) is 11.5 Å². The Morgan fingerprint density at radius 1 is 1.09 bits per heavy atom. The maximum absolute atomic E-state index is 12.7. The van der Waals surface area contributed by atoms with Crippen molar-refractivity contribution >= 4 is 0 Å². The van der Waals surface area contributed by atoms with Gasteiger partial charge in [-0.05, 0) is 59.8 Å². The zero-order valence-electron chi connectivity index (χ0n) is 21.6. The Labute approximate surface area is 207 Å². The van der Waals surface area contributed by atoms with Crippen molar-refractivity contribution in [3.8, 4) is 17.2 Å². The average molecular weight is 483 g/mol. The van der Waals surface area contributed by atoms with Crippen LogP contribution in [0.1, 0.15) is 62.3 Å². The summed E-state index contributed by atoms with van der Waals surface area (Å²) in [7, 11) is 3.30. The first kappa shape index (κ1) is 24.2. The molecule has 2 aromatic rings. The van der Waals surface area contributed by atoms with Crippen molar-refractivity contribution in [2.24, 2.45) is 10.8 Å². The molecular weight excluding hydrogens is 444 g/mol. The van der Waals surface area contributed by atoms with Gasteiger partial charge in [0.2, 0.25) is 0 Å². The van der Waals surface area contributed by atoms with Crippen LogP contribution < -0.4 is 15.1 Å². The molecule has 0 spiro atoms. The summed E-state index contributed by atoms with van der Waals surface area (Å²) in [6.45, 7) is 10.5. The van der Waals surface area contributed by atoms with Gasteiger partial charge in [0, 0.05) is 44.3 Å². The predicted molar refractivity (Wildman–Crippen MR) is 134 cm³/mol. The minimum absolute atomic E-state index is 0.0882. The van der Waals surface area contributed by atoms with Gasteiger partial charge in [-0.3, -0.25) is 9.80 Å². The number of hydrogen-bond donors (Lipinski definition) is 1. The highest BCUT2D eigenvalue weighted by atomic mass is 16.5. The van der Waals surface area contributed by atoms with Gasteiger partial charge in [-0.1, -0.05) is 20.8 Å². The molecule has 0 radical (unpaired) electrons. The molecule has 1 N–H and O–H groups in total.